The fourth-order valence-corrected chi connectivity index (χ4v) is 7.94. The van der Waals surface area contributed by atoms with E-state index in [1.807, 2.05) is 0 Å². The Balaban J connectivity index is 1.06. The molecule has 0 N–H and O–H groups in total. The highest BCUT2D eigenvalue weighted by Gasteiger charge is 2.49. The highest BCUT2D eigenvalue weighted by atomic mass is 16.5. The Morgan fingerprint density at radius 1 is 0.636 bits per heavy atom. The second kappa shape index (κ2) is 14.9. The Kier molecular flexibility index (Phi) is 12.4. The lowest BCUT2D eigenvalue weighted by Gasteiger charge is -2.59. The van der Waals surface area contributed by atoms with Gasteiger partial charge in [0.1, 0.15) is 0 Å². The molecule has 0 radical (unpaired) electrons. The molecule has 0 aromatic heterocycles. The van der Waals surface area contributed by atoms with E-state index in [-0.39, 0.29) is 16.7 Å². The Morgan fingerprint density at radius 3 is 1.91 bits per heavy atom. The molecule has 4 saturated heterocycles. The van der Waals surface area contributed by atoms with Crippen molar-refractivity contribution in [3.8, 4) is 0 Å². The smallest absolute Gasteiger partial charge is 0.0627 e. The number of nitrogens with zero attached hydrogens (tertiary/aromatic N) is 5. The molecular weight excluding hydrogens is 546 g/mol. The van der Waals surface area contributed by atoms with Gasteiger partial charge in [-0.3, -0.25) is 9.80 Å². The average Bonchev–Trinajstić information content (AvgIpc) is 3.35. The third-order valence-electron chi connectivity index (χ3n) is 11.4. The minimum Gasteiger partial charge on any atom is -0.376 e. The lowest BCUT2D eigenvalue weighted by molar-refractivity contribution is -0.106. The average molecular weight is 620 g/mol. The standard InChI is InChI=1S/C37H73N5O2/c1-33(2,3)41-23-21-40(22-24-41)29-32-12-18-39(28-32)25-27-44-36(9,10)14-13-35(7,8)42-30-37(31-42)15-19-38(20-16-37)17-11-26-43-34(4,5)6/h32H,11-31H2,1-10H3/t32-/m1/s1. The second-order valence-electron chi connectivity index (χ2n) is 18.3. The van der Waals surface area contributed by atoms with Gasteiger partial charge in [-0.25, -0.2) is 0 Å². The number of hydrogen-bond acceptors (Lipinski definition) is 7. The molecule has 0 saturated carbocycles. The van der Waals surface area contributed by atoms with Gasteiger partial charge < -0.3 is 24.2 Å². The highest BCUT2D eigenvalue weighted by molar-refractivity contribution is 5.03. The molecule has 0 amide bonds. The summed E-state index contributed by atoms with van der Waals surface area (Å²) in [6.07, 6.45) is 7.54. The fourth-order valence-electron chi connectivity index (χ4n) is 7.94. The molecule has 44 heavy (non-hydrogen) atoms. The minimum atomic E-state index is -0.0618. The molecular formula is C37H73N5O2. The van der Waals surface area contributed by atoms with E-state index in [9.17, 15) is 0 Å². The number of ether oxygens (including phenoxy) is 2. The van der Waals surface area contributed by atoms with E-state index in [0.29, 0.717) is 11.0 Å². The molecule has 0 aromatic carbocycles. The monoisotopic (exact) mass is 620 g/mol. The van der Waals surface area contributed by atoms with E-state index < -0.39 is 0 Å². The van der Waals surface area contributed by atoms with Gasteiger partial charge in [-0.2, -0.15) is 0 Å². The first-order valence-corrected chi connectivity index (χ1v) is 18.4. The summed E-state index contributed by atoms with van der Waals surface area (Å²) in [5.74, 6) is 0.824. The predicted octanol–water partition coefficient (Wildman–Crippen LogP) is 5.68. The van der Waals surface area contributed by atoms with Crippen LogP contribution < -0.4 is 0 Å². The van der Waals surface area contributed by atoms with Crippen LogP contribution in [0.25, 0.3) is 0 Å². The van der Waals surface area contributed by atoms with Crippen LogP contribution in [0.4, 0.5) is 0 Å². The van der Waals surface area contributed by atoms with Crippen LogP contribution in [0.3, 0.4) is 0 Å². The number of piperidine rings is 1. The maximum atomic E-state index is 6.54. The predicted molar refractivity (Wildman–Crippen MR) is 186 cm³/mol. The summed E-state index contributed by atoms with van der Waals surface area (Å²) in [6.45, 7) is 40.8. The van der Waals surface area contributed by atoms with Crippen LogP contribution in [0.15, 0.2) is 0 Å². The summed E-state index contributed by atoms with van der Waals surface area (Å²) in [5.41, 5.74) is 1.03. The minimum absolute atomic E-state index is 0.0180. The van der Waals surface area contributed by atoms with Crippen LogP contribution in [-0.4, -0.2) is 145 Å². The van der Waals surface area contributed by atoms with Crippen molar-refractivity contribution in [2.45, 2.75) is 130 Å². The zero-order valence-electron chi connectivity index (χ0n) is 31.0. The van der Waals surface area contributed by atoms with Crippen molar-refractivity contribution in [1.29, 1.82) is 0 Å². The van der Waals surface area contributed by atoms with Crippen molar-refractivity contribution in [2.24, 2.45) is 11.3 Å². The van der Waals surface area contributed by atoms with Crippen molar-refractivity contribution in [3.63, 3.8) is 0 Å². The van der Waals surface area contributed by atoms with Gasteiger partial charge in [0, 0.05) is 83.1 Å². The molecule has 4 rings (SSSR count). The summed E-state index contributed by atoms with van der Waals surface area (Å²) >= 11 is 0. The largest absolute Gasteiger partial charge is 0.376 e. The summed E-state index contributed by atoms with van der Waals surface area (Å²) in [4.78, 5) is 13.4. The first kappa shape index (κ1) is 36.6. The molecule has 258 valence electrons. The summed E-state index contributed by atoms with van der Waals surface area (Å²) < 4.78 is 12.5. The zero-order chi connectivity index (χ0) is 32.2. The quantitative estimate of drug-likeness (QED) is 0.232. The third-order valence-corrected chi connectivity index (χ3v) is 11.4. The van der Waals surface area contributed by atoms with Crippen LogP contribution >= 0.6 is 0 Å². The van der Waals surface area contributed by atoms with Gasteiger partial charge in [-0.1, -0.05) is 0 Å². The van der Waals surface area contributed by atoms with Crippen molar-refractivity contribution < 1.29 is 9.47 Å². The molecule has 4 aliphatic heterocycles. The van der Waals surface area contributed by atoms with E-state index in [1.165, 1.54) is 104 Å². The van der Waals surface area contributed by atoms with E-state index in [4.69, 9.17) is 9.47 Å². The molecule has 1 spiro atoms. The normalized spacial score (nSPS) is 25.6. The first-order valence-electron chi connectivity index (χ1n) is 18.4. The summed E-state index contributed by atoms with van der Waals surface area (Å²) in [5, 5.41) is 0. The molecule has 0 aliphatic carbocycles. The number of hydrogen-bond donors (Lipinski definition) is 0. The molecule has 7 nitrogen and oxygen atoms in total. The fraction of sp³-hybridized carbons (Fsp3) is 1.00. The Hall–Kier alpha value is -0.280. The maximum absolute atomic E-state index is 6.54. The van der Waals surface area contributed by atoms with Crippen LogP contribution in [-0.2, 0) is 9.47 Å². The number of rotatable bonds is 14. The SMILES string of the molecule is CC(C)(C)OCCCN1CCC2(CC1)CN(C(C)(C)CCC(C)(C)OCCN1CC[C@@H](CN3CCN(C(C)(C)C)CC3)C1)C2. The molecule has 4 heterocycles. The lowest BCUT2D eigenvalue weighted by atomic mass is 9.69. The number of piperazine rings is 1. The van der Waals surface area contributed by atoms with Crippen molar-refractivity contribution in [1.82, 2.24) is 24.5 Å². The van der Waals surface area contributed by atoms with Crippen LogP contribution in [0.1, 0.15) is 108 Å². The summed E-state index contributed by atoms with van der Waals surface area (Å²) in [7, 11) is 0. The van der Waals surface area contributed by atoms with Gasteiger partial charge >= 0.3 is 0 Å². The molecule has 0 aromatic rings. The van der Waals surface area contributed by atoms with E-state index in [0.717, 1.165) is 38.5 Å². The van der Waals surface area contributed by atoms with Gasteiger partial charge in [0.15, 0.2) is 0 Å². The Morgan fingerprint density at radius 2 is 1.30 bits per heavy atom. The van der Waals surface area contributed by atoms with Gasteiger partial charge in [-0.05, 0) is 139 Å². The van der Waals surface area contributed by atoms with Crippen molar-refractivity contribution in [3.05, 3.63) is 0 Å². The van der Waals surface area contributed by atoms with Crippen LogP contribution in [0.2, 0.25) is 0 Å². The highest BCUT2D eigenvalue weighted by Crippen LogP contribution is 2.45. The van der Waals surface area contributed by atoms with Crippen LogP contribution in [0, 0.1) is 11.3 Å². The molecule has 1 atom stereocenters. The topological polar surface area (TPSA) is 34.7 Å². The van der Waals surface area contributed by atoms with E-state index >= 15 is 0 Å². The lowest BCUT2D eigenvalue weighted by Crippen LogP contribution is -2.66. The van der Waals surface area contributed by atoms with E-state index in [2.05, 4.69) is 93.7 Å². The Bertz CT molecular complexity index is 854. The van der Waals surface area contributed by atoms with Crippen LogP contribution in [0.5, 0.6) is 0 Å². The number of likely N-dealkylation sites (tertiary alicyclic amines) is 3. The van der Waals surface area contributed by atoms with Gasteiger partial charge in [0.05, 0.1) is 17.8 Å². The molecule has 4 aliphatic rings. The van der Waals surface area contributed by atoms with E-state index in [1.54, 1.807) is 0 Å². The second-order valence-corrected chi connectivity index (χ2v) is 18.3. The first-order chi connectivity index (χ1) is 20.4. The van der Waals surface area contributed by atoms with Crippen molar-refractivity contribution in [2.75, 3.05) is 98.3 Å². The molecule has 7 heteroatoms. The van der Waals surface area contributed by atoms with Gasteiger partial charge in [0.2, 0.25) is 0 Å². The molecule has 4 fully saturated rings. The van der Waals surface area contributed by atoms with Gasteiger partial charge in [-0.15, -0.1) is 0 Å². The Labute approximate surface area is 273 Å². The van der Waals surface area contributed by atoms with Crippen molar-refractivity contribution >= 4 is 0 Å². The zero-order valence-corrected chi connectivity index (χ0v) is 31.0. The maximum Gasteiger partial charge on any atom is 0.0627 e. The molecule has 0 unspecified atom stereocenters. The molecule has 0 bridgehead atoms. The summed E-state index contributed by atoms with van der Waals surface area (Å²) in [6, 6.07) is 0. The third kappa shape index (κ3) is 11.2. The van der Waals surface area contributed by atoms with Gasteiger partial charge in [0.25, 0.3) is 0 Å².